The van der Waals surface area contributed by atoms with Crippen molar-refractivity contribution in [2.45, 2.75) is 45.4 Å². The zero-order chi connectivity index (χ0) is 16.1. The van der Waals surface area contributed by atoms with E-state index in [1.54, 1.807) is 6.92 Å². The topological polar surface area (TPSA) is 30.0 Å². The van der Waals surface area contributed by atoms with Crippen LogP contribution < -0.4 is 0 Å². The standard InChI is InChI=1S/C21H27NO/c1-16(23)21-18(14-13-17-9-7-12-20(17)21)8-3-2-4-10-19-11-5-6-15-22-19/h2,4-6,11,13-15,17-18,20-21H,3,7-10,12H2,1H3/t17-,18+,20-,21+/m1/s1. The molecule has 2 aliphatic carbocycles. The Morgan fingerprint density at radius 1 is 1.26 bits per heavy atom. The van der Waals surface area contributed by atoms with Crippen LogP contribution in [0.25, 0.3) is 0 Å². The van der Waals surface area contributed by atoms with Crippen molar-refractivity contribution in [3.05, 3.63) is 54.4 Å². The number of rotatable bonds is 6. The van der Waals surface area contributed by atoms with Crippen LogP contribution in [-0.2, 0) is 11.2 Å². The van der Waals surface area contributed by atoms with Crippen molar-refractivity contribution in [3.8, 4) is 0 Å². The maximum absolute atomic E-state index is 12.2. The zero-order valence-corrected chi connectivity index (χ0v) is 14.0. The number of hydrogen-bond donors (Lipinski definition) is 0. The number of nitrogens with zero attached hydrogens (tertiary/aromatic N) is 1. The third-order valence-corrected chi connectivity index (χ3v) is 5.51. The van der Waals surface area contributed by atoms with Gasteiger partial charge in [-0.15, -0.1) is 0 Å². The Balaban J connectivity index is 1.52. The minimum atomic E-state index is 0.261. The van der Waals surface area contributed by atoms with Gasteiger partial charge in [-0.3, -0.25) is 9.78 Å². The predicted octanol–water partition coefficient (Wildman–Crippen LogP) is 4.77. The van der Waals surface area contributed by atoms with E-state index in [2.05, 4.69) is 35.4 Å². The molecule has 1 aromatic heterocycles. The molecule has 1 aromatic rings. The molecule has 0 spiro atoms. The molecular formula is C21H27NO. The lowest BCUT2D eigenvalue weighted by Gasteiger charge is -2.34. The number of fused-ring (bicyclic) bond motifs is 1. The number of pyridine rings is 1. The molecule has 3 rings (SSSR count). The van der Waals surface area contributed by atoms with Crippen LogP contribution in [0, 0.1) is 23.7 Å². The molecule has 4 atom stereocenters. The van der Waals surface area contributed by atoms with Crippen LogP contribution in [0.1, 0.15) is 44.7 Å². The summed E-state index contributed by atoms with van der Waals surface area (Å²) in [5.41, 5.74) is 1.11. The van der Waals surface area contributed by atoms with Gasteiger partial charge in [-0.25, -0.2) is 0 Å². The van der Waals surface area contributed by atoms with Gasteiger partial charge < -0.3 is 0 Å². The predicted molar refractivity (Wildman–Crippen MR) is 93.9 cm³/mol. The molecule has 0 radical (unpaired) electrons. The molecule has 0 unspecified atom stereocenters. The Kier molecular flexibility index (Phi) is 5.43. The van der Waals surface area contributed by atoms with Gasteiger partial charge in [0.2, 0.25) is 0 Å². The summed E-state index contributed by atoms with van der Waals surface area (Å²) in [5, 5.41) is 0. The van der Waals surface area contributed by atoms with E-state index in [9.17, 15) is 4.79 Å². The van der Waals surface area contributed by atoms with Gasteiger partial charge in [0.15, 0.2) is 0 Å². The second-order valence-corrected chi connectivity index (χ2v) is 7.02. The average Bonchev–Trinajstić information content (AvgIpc) is 3.03. The number of carbonyl (C=O) groups is 1. The molecule has 2 heteroatoms. The van der Waals surface area contributed by atoms with E-state index in [0.717, 1.165) is 25.0 Å². The SMILES string of the molecule is CC(=O)[C@@H]1[C@@H]2CCC[C@@H]2C=C[C@@H]1CCC=CCc1ccccn1. The molecule has 0 saturated heterocycles. The van der Waals surface area contributed by atoms with Crippen molar-refractivity contribution in [3.63, 3.8) is 0 Å². The summed E-state index contributed by atoms with van der Waals surface area (Å²) in [5.74, 6) is 2.37. The first kappa shape index (κ1) is 16.2. The van der Waals surface area contributed by atoms with Gasteiger partial charge in [-0.1, -0.05) is 36.8 Å². The van der Waals surface area contributed by atoms with Gasteiger partial charge in [-0.2, -0.15) is 0 Å². The Morgan fingerprint density at radius 3 is 2.96 bits per heavy atom. The van der Waals surface area contributed by atoms with Crippen molar-refractivity contribution < 1.29 is 4.79 Å². The lowest BCUT2D eigenvalue weighted by Crippen LogP contribution is -2.33. The van der Waals surface area contributed by atoms with E-state index in [1.807, 2.05) is 18.3 Å². The molecule has 2 nitrogen and oxygen atoms in total. The fraction of sp³-hybridized carbons (Fsp3) is 0.524. The molecule has 1 fully saturated rings. The average molecular weight is 309 g/mol. The summed E-state index contributed by atoms with van der Waals surface area (Å²) >= 11 is 0. The maximum Gasteiger partial charge on any atom is 0.133 e. The van der Waals surface area contributed by atoms with Gasteiger partial charge in [0.05, 0.1) is 0 Å². The molecule has 0 aromatic carbocycles. The highest BCUT2D eigenvalue weighted by molar-refractivity contribution is 5.79. The van der Waals surface area contributed by atoms with Crippen LogP contribution in [0.4, 0.5) is 0 Å². The summed E-state index contributed by atoms with van der Waals surface area (Å²) in [6.07, 6.45) is 17.9. The Bertz CT molecular complexity index is 575. The van der Waals surface area contributed by atoms with E-state index >= 15 is 0 Å². The lowest BCUT2D eigenvalue weighted by molar-refractivity contribution is -0.124. The number of carbonyl (C=O) groups excluding carboxylic acids is 1. The van der Waals surface area contributed by atoms with Crippen molar-refractivity contribution in [1.82, 2.24) is 4.98 Å². The highest BCUT2D eigenvalue weighted by Crippen LogP contribution is 2.45. The summed E-state index contributed by atoms with van der Waals surface area (Å²) in [6, 6.07) is 6.03. The Hall–Kier alpha value is -1.70. The first-order valence-electron chi connectivity index (χ1n) is 8.99. The van der Waals surface area contributed by atoms with Crippen molar-refractivity contribution in [2.75, 3.05) is 0 Å². The number of ketones is 1. The minimum absolute atomic E-state index is 0.261. The smallest absolute Gasteiger partial charge is 0.133 e. The number of Topliss-reactive ketones (excluding diaryl/α,β-unsaturated/α-hetero) is 1. The number of allylic oxidation sites excluding steroid dienone is 4. The molecule has 0 N–H and O–H groups in total. The summed E-state index contributed by atoms with van der Waals surface area (Å²) in [6.45, 7) is 1.79. The molecular weight excluding hydrogens is 282 g/mol. The fourth-order valence-corrected chi connectivity index (χ4v) is 4.43. The largest absolute Gasteiger partial charge is 0.300 e. The third kappa shape index (κ3) is 3.99. The van der Waals surface area contributed by atoms with Crippen molar-refractivity contribution in [2.24, 2.45) is 23.7 Å². The van der Waals surface area contributed by atoms with Crippen LogP contribution in [0.2, 0.25) is 0 Å². The molecule has 2 aliphatic rings. The number of aromatic nitrogens is 1. The maximum atomic E-state index is 12.2. The van der Waals surface area contributed by atoms with Gasteiger partial charge >= 0.3 is 0 Å². The van der Waals surface area contributed by atoms with Gasteiger partial charge in [0.25, 0.3) is 0 Å². The normalized spacial score (nSPS) is 29.8. The summed E-state index contributed by atoms with van der Waals surface area (Å²) in [7, 11) is 0. The highest BCUT2D eigenvalue weighted by atomic mass is 16.1. The summed E-state index contributed by atoms with van der Waals surface area (Å²) in [4.78, 5) is 16.5. The molecule has 1 heterocycles. The number of hydrogen-bond acceptors (Lipinski definition) is 2. The van der Waals surface area contributed by atoms with Gasteiger partial charge in [0.1, 0.15) is 5.78 Å². The van der Waals surface area contributed by atoms with Crippen LogP contribution in [-0.4, -0.2) is 10.8 Å². The van der Waals surface area contributed by atoms with E-state index in [4.69, 9.17) is 0 Å². The van der Waals surface area contributed by atoms with Crippen LogP contribution in [0.3, 0.4) is 0 Å². The first-order chi connectivity index (χ1) is 11.3. The Labute approximate surface area is 139 Å². The van der Waals surface area contributed by atoms with E-state index < -0.39 is 0 Å². The summed E-state index contributed by atoms with van der Waals surface area (Å²) < 4.78 is 0. The van der Waals surface area contributed by atoms with E-state index in [-0.39, 0.29) is 5.92 Å². The van der Waals surface area contributed by atoms with Crippen molar-refractivity contribution >= 4 is 5.78 Å². The highest BCUT2D eigenvalue weighted by Gasteiger charge is 2.40. The fourth-order valence-electron chi connectivity index (χ4n) is 4.43. The minimum Gasteiger partial charge on any atom is -0.300 e. The molecule has 1 saturated carbocycles. The Morgan fingerprint density at radius 2 is 2.17 bits per heavy atom. The van der Waals surface area contributed by atoms with Crippen molar-refractivity contribution in [1.29, 1.82) is 0 Å². The second kappa shape index (κ2) is 7.72. The van der Waals surface area contributed by atoms with Crippen LogP contribution in [0.5, 0.6) is 0 Å². The molecule has 0 amide bonds. The quantitative estimate of drug-likeness (QED) is 0.709. The van der Waals surface area contributed by atoms with E-state index in [1.165, 1.54) is 19.3 Å². The molecule has 23 heavy (non-hydrogen) atoms. The van der Waals surface area contributed by atoms with Crippen LogP contribution in [0.15, 0.2) is 48.7 Å². The third-order valence-electron chi connectivity index (χ3n) is 5.51. The molecule has 0 bridgehead atoms. The molecule has 0 aliphatic heterocycles. The zero-order valence-electron chi connectivity index (χ0n) is 14.0. The monoisotopic (exact) mass is 309 g/mol. The second-order valence-electron chi connectivity index (χ2n) is 7.02. The van der Waals surface area contributed by atoms with Crippen LogP contribution >= 0.6 is 0 Å². The molecule has 122 valence electrons. The van der Waals surface area contributed by atoms with Gasteiger partial charge in [-0.05, 0) is 62.5 Å². The van der Waals surface area contributed by atoms with E-state index in [0.29, 0.717) is 23.5 Å². The van der Waals surface area contributed by atoms with Gasteiger partial charge in [0, 0.05) is 24.2 Å². The first-order valence-corrected chi connectivity index (χ1v) is 8.99. The lowest BCUT2D eigenvalue weighted by atomic mass is 9.69.